The third kappa shape index (κ3) is 5.48. The van der Waals surface area contributed by atoms with Crippen LogP contribution >= 0.6 is 11.6 Å². The number of nitrogen functional groups attached to an aromatic ring is 1. The molecular formula is C27H28ClN3O. The Labute approximate surface area is 194 Å². The number of hydrogen-bond acceptors (Lipinski definition) is 4. The summed E-state index contributed by atoms with van der Waals surface area (Å²) in [6, 6.07) is 13.1. The number of pyridine rings is 1. The molecule has 0 spiro atoms. The number of nitrogens with two attached hydrogens (primary N) is 1. The van der Waals surface area contributed by atoms with E-state index in [1.807, 2.05) is 42.5 Å². The number of hydrogen-bond donors (Lipinski definition) is 1. The predicted octanol–water partition coefficient (Wildman–Crippen LogP) is 5.71. The number of benzene rings is 2. The van der Waals surface area contributed by atoms with Crippen LogP contribution in [0.5, 0.6) is 0 Å². The molecule has 1 aliphatic heterocycles. The van der Waals surface area contributed by atoms with Crippen LogP contribution in [0.2, 0.25) is 5.02 Å². The van der Waals surface area contributed by atoms with Crippen LogP contribution in [0.25, 0.3) is 10.8 Å². The maximum absolute atomic E-state index is 12.9. The lowest BCUT2D eigenvalue weighted by Crippen LogP contribution is -2.30. The summed E-state index contributed by atoms with van der Waals surface area (Å²) < 4.78 is 0. The van der Waals surface area contributed by atoms with Crippen molar-refractivity contribution >= 4 is 34.0 Å². The molecule has 1 saturated heterocycles. The Balaban J connectivity index is 1.48. The molecule has 2 heterocycles. The maximum atomic E-state index is 12.9. The van der Waals surface area contributed by atoms with Gasteiger partial charge >= 0.3 is 0 Å². The summed E-state index contributed by atoms with van der Waals surface area (Å²) in [5, 5.41) is 2.40. The van der Waals surface area contributed by atoms with Crippen LogP contribution in [-0.2, 0) is 0 Å². The SMILES string of the molecule is Nc1ncc2ccc(Cl)cc2c1C#Cc1ccccc1C(=O)CCCCN1CCCCC1. The van der Waals surface area contributed by atoms with Crippen LogP contribution in [0, 0.1) is 11.8 Å². The highest BCUT2D eigenvalue weighted by Gasteiger charge is 2.12. The molecule has 1 aliphatic rings. The summed E-state index contributed by atoms with van der Waals surface area (Å²) in [7, 11) is 0. The maximum Gasteiger partial charge on any atom is 0.164 e. The number of unbranched alkanes of at least 4 members (excludes halogenated alkanes) is 1. The highest BCUT2D eigenvalue weighted by atomic mass is 35.5. The predicted molar refractivity (Wildman–Crippen MR) is 132 cm³/mol. The number of aromatic nitrogens is 1. The van der Waals surface area contributed by atoms with Gasteiger partial charge in [0.15, 0.2) is 5.78 Å². The van der Waals surface area contributed by atoms with E-state index in [4.69, 9.17) is 17.3 Å². The molecule has 0 aliphatic carbocycles. The summed E-state index contributed by atoms with van der Waals surface area (Å²) in [5.74, 6) is 6.81. The molecule has 0 radical (unpaired) electrons. The van der Waals surface area contributed by atoms with Crippen LogP contribution < -0.4 is 5.73 Å². The summed E-state index contributed by atoms with van der Waals surface area (Å²) in [6.45, 7) is 3.48. The standard InChI is InChI=1S/C27H28ClN3O/c28-22-13-11-21-19-30-27(29)24(25(21)18-22)14-12-20-8-2-3-9-23(20)26(32)10-4-7-17-31-15-5-1-6-16-31/h2-3,8-9,11,13,18-19H,1,4-7,10,15-17H2,(H2,29,30). The number of halogens is 1. The van der Waals surface area contributed by atoms with E-state index in [2.05, 4.69) is 21.7 Å². The largest absolute Gasteiger partial charge is 0.383 e. The van der Waals surface area contributed by atoms with Crippen molar-refractivity contribution in [1.29, 1.82) is 0 Å². The van der Waals surface area contributed by atoms with Crippen molar-refractivity contribution in [3.8, 4) is 11.8 Å². The molecule has 164 valence electrons. The van der Waals surface area contributed by atoms with E-state index in [1.54, 1.807) is 6.20 Å². The van der Waals surface area contributed by atoms with Crippen LogP contribution in [0.4, 0.5) is 5.82 Å². The Morgan fingerprint density at radius 3 is 2.72 bits per heavy atom. The van der Waals surface area contributed by atoms with Crippen molar-refractivity contribution in [3.05, 3.63) is 70.4 Å². The smallest absolute Gasteiger partial charge is 0.164 e. The lowest BCUT2D eigenvalue weighted by Gasteiger charge is -2.26. The van der Waals surface area contributed by atoms with Gasteiger partial charge in [-0.2, -0.15) is 0 Å². The van der Waals surface area contributed by atoms with Gasteiger partial charge in [-0.1, -0.05) is 54.1 Å². The van der Waals surface area contributed by atoms with Crippen molar-refractivity contribution in [2.75, 3.05) is 25.4 Å². The summed E-state index contributed by atoms with van der Waals surface area (Å²) >= 11 is 6.18. The second-order valence-electron chi connectivity index (χ2n) is 8.33. The average molecular weight is 446 g/mol. The molecule has 0 unspecified atom stereocenters. The number of ketones is 1. The third-order valence-corrected chi connectivity index (χ3v) is 6.25. The minimum absolute atomic E-state index is 0.139. The second kappa shape index (κ2) is 10.6. The fourth-order valence-electron chi connectivity index (χ4n) is 4.23. The van der Waals surface area contributed by atoms with Gasteiger partial charge in [0, 0.05) is 39.5 Å². The molecule has 4 rings (SSSR count). The minimum atomic E-state index is 0.139. The van der Waals surface area contributed by atoms with Gasteiger partial charge in [0.1, 0.15) is 5.82 Å². The molecule has 5 heteroatoms. The van der Waals surface area contributed by atoms with Gasteiger partial charge in [-0.05, 0) is 63.5 Å². The van der Waals surface area contributed by atoms with Gasteiger partial charge < -0.3 is 10.6 Å². The number of piperidine rings is 1. The number of carbonyl (C=O) groups excluding carboxylic acids is 1. The number of anilines is 1. The van der Waals surface area contributed by atoms with Crippen molar-refractivity contribution in [1.82, 2.24) is 9.88 Å². The highest BCUT2D eigenvalue weighted by Crippen LogP contribution is 2.25. The molecule has 0 bridgehead atoms. The fourth-order valence-corrected chi connectivity index (χ4v) is 4.41. The second-order valence-corrected chi connectivity index (χ2v) is 8.76. The van der Waals surface area contributed by atoms with Gasteiger partial charge in [0.25, 0.3) is 0 Å². The molecular weight excluding hydrogens is 418 g/mol. The first-order chi connectivity index (χ1) is 15.6. The topological polar surface area (TPSA) is 59.2 Å². The number of fused-ring (bicyclic) bond motifs is 1. The van der Waals surface area contributed by atoms with Crippen LogP contribution in [0.15, 0.2) is 48.7 Å². The van der Waals surface area contributed by atoms with Gasteiger partial charge in [-0.25, -0.2) is 4.98 Å². The fraction of sp³-hybridized carbons (Fsp3) is 0.333. The molecule has 1 aromatic heterocycles. The Bertz CT molecular complexity index is 1170. The van der Waals surface area contributed by atoms with Crippen molar-refractivity contribution in [3.63, 3.8) is 0 Å². The Morgan fingerprint density at radius 2 is 1.88 bits per heavy atom. The Kier molecular flexibility index (Phi) is 7.42. The monoisotopic (exact) mass is 445 g/mol. The number of rotatable bonds is 6. The number of nitrogens with zero attached hydrogens (tertiary/aromatic N) is 2. The molecule has 3 aromatic rings. The van der Waals surface area contributed by atoms with E-state index in [9.17, 15) is 4.79 Å². The van der Waals surface area contributed by atoms with E-state index in [1.165, 1.54) is 32.4 Å². The number of likely N-dealkylation sites (tertiary alicyclic amines) is 1. The van der Waals surface area contributed by atoms with E-state index < -0.39 is 0 Å². The first-order valence-corrected chi connectivity index (χ1v) is 11.7. The summed E-state index contributed by atoms with van der Waals surface area (Å²) in [4.78, 5) is 19.7. The van der Waals surface area contributed by atoms with Gasteiger partial charge in [-0.15, -0.1) is 0 Å². The van der Waals surface area contributed by atoms with E-state index >= 15 is 0 Å². The number of carbonyl (C=O) groups is 1. The van der Waals surface area contributed by atoms with Crippen molar-refractivity contribution < 1.29 is 4.79 Å². The zero-order valence-electron chi connectivity index (χ0n) is 18.2. The molecule has 1 fully saturated rings. The Morgan fingerprint density at radius 1 is 1.06 bits per heavy atom. The van der Waals surface area contributed by atoms with Gasteiger partial charge in [0.05, 0.1) is 5.56 Å². The van der Waals surface area contributed by atoms with Crippen molar-refractivity contribution in [2.24, 2.45) is 0 Å². The zero-order chi connectivity index (χ0) is 22.3. The lowest BCUT2D eigenvalue weighted by atomic mass is 9.99. The molecule has 2 aromatic carbocycles. The molecule has 4 nitrogen and oxygen atoms in total. The molecule has 32 heavy (non-hydrogen) atoms. The van der Waals surface area contributed by atoms with Crippen LogP contribution in [0.3, 0.4) is 0 Å². The minimum Gasteiger partial charge on any atom is -0.383 e. The molecule has 0 saturated carbocycles. The number of Topliss-reactive ketones (excluding diaryl/α,β-unsaturated/α-hetero) is 1. The first kappa shape index (κ1) is 22.3. The van der Waals surface area contributed by atoms with Crippen LogP contribution in [-0.4, -0.2) is 35.3 Å². The van der Waals surface area contributed by atoms with E-state index in [0.29, 0.717) is 34.0 Å². The molecule has 0 atom stereocenters. The molecule has 2 N–H and O–H groups in total. The summed E-state index contributed by atoms with van der Waals surface area (Å²) in [6.07, 6.45) is 8.16. The molecule has 0 amide bonds. The zero-order valence-corrected chi connectivity index (χ0v) is 19.0. The normalized spacial score (nSPS) is 14.2. The first-order valence-electron chi connectivity index (χ1n) is 11.3. The van der Waals surface area contributed by atoms with Crippen molar-refractivity contribution in [2.45, 2.75) is 38.5 Å². The van der Waals surface area contributed by atoms with Gasteiger partial charge in [0.2, 0.25) is 0 Å². The third-order valence-electron chi connectivity index (χ3n) is 6.01. The van der Waals surface area contributed by atoms with E-state index in [-0.39, 0.29) is 5.78 Å². The highest BCUT2D eigenvalue weighted by molar-refractivity contribution is 6.31. The van der Waals surface area contributed by atoms with Gasteiger partial charge in [-0.3, -0.25) is 4.79 Å². The van der Waals surface area contributed by atoms with Crippen LogP contribution in [0.1, 0.15) is 60.0 Å². The quantitative estimate of drug-likeness (QED) is 0.300. The Hall–Kier alpha value is -2.87. The summed E-state index contributed by atoms with van der Waals surface area (Å²) in [5.41, 5.74) is 8.13. The van der Waals surface area contributed by atoms with E-state index in [0.717, 1.165) is 30.2 Å². The average Bonchev–Trinajstić information content (AvgIpc) is 2.82. The lowest BCUT2D eigenvalue weighted by molar-refractivity contribution is 0.0977.